The molecule has 0 radical (unpaired) electrons. The highest BCUT2D eigenvalue weighted by molar-refractivity contribution is 6.30. The summed E-state index contributed by atoms with van der Waals surface area (Å²) >= 11 is 6.10. The van der Waals surface area contributed by atoms with Crippen molar-refractivity contribution in [3.63, 3.8) is 0 Å². The fraction of sp³-hybridized carbons (Fsp3) is 0.650. The number of halogens is 1. The minimum atomic E-state index is -0.0714. The number of likely N-dealkylation sites (tertiary alicyclic amines) is 1. The lowest BCUT2D eigenvalue weighted by Gasteiger charge is -2.38. The van der Waals surface area contributed by atoms with Crippen molar-refractivity contribution in [3.05, 3.63) is 29.3 Å². The fourth-order valence-corrected chi connectivity index (χ4v) is 4.06. The van der Waals surface area contributed by atoms with Gasteiger partial charge in [0.15, 0.2) is 0 Å². The predicted octanol–water partition coefficient (Wildman–Crippen LogP) is 2.45. The second kappa shape index (κ2) is 9.58. The molecule has 1 amide bonds. The summed E-state index contributed by atoms with van der Waals surface area (Å²) in [6.07, 6.45) is 3.93. The number of nitrogens with zero attached hydrogens (tertiary/aromatic N) is 3. The molecule has 1 aromatic rings. The van der Waals surface area contributed by atoms with Gasteiger partial charge in [-0.3, -0.25) is 9.69 Å². The molecule has 1 N–H and O–H groups in total. The van der Waals surface area contributed by atoms with Gasteiger partial charge in [-0.2, -0.15) is 0 Å². The first-order valence-corrected chi connectivity index (χ1v) is 10.3. The number of hydrogen-bond acceptors (Lipinski definition) is 4. The van der Waals surface area contributed by atoms with E-state index in [1.807, 2.05) is 25.1 Å². The zero-order valence-corrected chi connectivity index (χ0v) is 16.5. The average Bonchev–Trinajstić information content (AvgIpc) is 2.68. The topological polar surface area (TPSA) is 38.8 Å². The van der Waals surface area contributed by atoms with E-state index in [-0.39, 0.29) is 11.9 Å². The lowest BCUT2D eigenvalue weighted by Crippen LogP contribution is -2.54. The summed E-state index contributed by atoms with van der Waals surface area (Å²) in [4.78, 5) is 19.5. The fourth-order valence-electron chi connectivity index (χ4n) is 3.87. The van der Waals surface area contributed by atoms with Crippen LogP contribution in [0.15, 0.2) is 24.3 Å². The van der Waals surface area contributed by atoms with Crippen LogP contribution >= 0.6 is 11.6 Å². The molecule has 2 saturated heterocycles. The number of rotatable bonds is 6. The quantitative estimate of drug-likeness (QED) is 0.825. The number of carbonyl (C=O) groups is 1. The van der Waals surface area contributed by atoms with Crippen LogP contribution in [-0.4, -0.2) is 74.1 Å². The number of hydrogen-bond donors (Lipinski definition) is 1. The monoisotopic (exact) mass is 378 g/mol. The summed E-state index contributed by atoms with van der Waals surface area (Å²) in [5.74, 6) is 0.151. The molecule has 5 nitrogen and oxygen atoms in total. The summed E-state index contributed by atoms with van der Waals surface area (Å²) < 4.78 is 0. The highest BCUT2D eigenvalue weighted by atomic mass is 35.5. The summed E-state index contributed by atoms with van der Waals surface area (Å²) in [6, 6.07) is 7.92. The average molecular weight is 379 g/mol. The SMILES string of the molecule is CC(C(=O)NCCN1CCCCC1)N1CCN(c2cccc(Cl)c2)CC1. The third kappa shape index (κ3) is 5.35. The van der Waals surface area contributed by atoms with Crippen LogP contribution in [0, 0.1) is 0 Å². The molecule has 6 heteroatoms. The van der Waals surface area contributed by atoms with Gasteiger partial charge in [0.2, 0.25) is 5.91 Å². The molecule has 0 aromatic heterocycles. The second-order valence-corrected chi connectivity index (χ2v) is 7.81. The Hall–Kier alpha value is -1.30. The van der Waals surface area contributed by atoms with Crippen molar-refractivity contribution in [2.75, 3.05) is 57.3 Å². The number of amides is 1. The van der Waals surface area contributed by atoms with Crippen LogP contribution in [0.4, 0.5) is 5.69 Å². The first kappa shape index (κ1) is 19.5. The number of anilines is 1. The normalized spacial score (nSPS) is 20.8. The largest absolute Gasteiger partial charge is 0.369 e. The van der Waals surface area contributed by atoms with Gasteiger partial charge in [-0.05, 0) is 51.1 Å². The van der Waals surface area contributed by atoms with Crippen LogP contribution in [0.5, 0.6) is 0 Å². The molecule has 26 heavy (non-hydrogen) atoms. The van der Waals surface area contributed by atoms with E-state index in [9.17, 15) is 4.79 Å². The molecule has 2 aliphatic heterocycles. The minimum Gasteiger partial charge on any atom is -0.369 e. The van der Waals surface area contributed by atoms with E-state index in [1.54, 1.807) is 0 Å². The summed E-state index contributed by atoms with van der Waals surface area (Å²) in [6.45, 7) is 9.74. The maximum Gasteiger partial charge on any atom is 0.237 e. The third-order valence-electron chi connectivity index (χ3n) is 5.59. The first-order valence-electron chi connectivity index (χ1n) is 9.88. The van der Waals surface area contributed by atoms with Gasteiger partial charge < -0.3 is 15.1 Å². The van der Waals surface area contributed by atoms with E-state index in [1.165, 1.54) is 32.4 Å². The molecule has 0 saturated carbocycles. The zero-order valence-electron chi connectivity index (χ0n) is 15.8. The Balaban J connectivity index is 1.39. The van der Waals surface area contributed by atoms with Crippen molar-refractivity contribution in [3.8, 4) is 0 Å². The van der Waals surface area contributed by atoms with Gasteiger partial charge in [0.25, 0.3) is 0 Å². The minimum absolute atomic E-state index is 0.0714. The maximum absolute atomic E-state index is 12.5. The smallest absolute Gasteiger partial charge is 0.237 e. The van der Waals surface area contributed by atoms with Crippen molar-refractivity contribution >= 4 is 23.2 Å². The van der Waals surface area contributed by atoms with Gasteiger partial charge in [-0.15, -0.1) is 0 Å². The molecule has 144 valence electrons. The number of nitrogens with one attached hydrogen (secondary N) is 1. The molecule has 2 heterocycles. The van der Waals surface area contributed by atoms with Crippen molar-refractivity contribution in [2.24, 2.45) is 0 Å². The van der Waals surface area contributed by atoms with Crippen LogP contribution in [0.1, 0.15) is 26.2 Å². The Labute approximate surface area is 162 Å². The van der Waals surface area contributed by atoms with E-state index < -0.39 is 0 Å². The Morgan fingerprint density at radius 3 is 2.54 bits per heavy atom. The Morgan fingerprint density at radius 1 is 1.12 bits per heavy atom. The lowest BCUT2D eigenvalue weighted by molar-refractivity contribution is -0.126. The van der Waals surface area contributed by atoms with Gasteiger partial charge in [0.1, 0.15) is 0 Å². The van der Waals surface area contributed by atoms with E-state index in [0.29, 0.717) is 0 Å². The van der Waals surface area contributed by atoms with Crippen LogP contribution < -0.4 is 10.2 Å². The number of carbonyl (C=O) groups excluding carboxylic acids is 1. The van der Waals surface area contributed by atoms with Crippen LogP contribution in [0.3, 0.4) is 0 Å². The van der Waals surface area contributed by atoms with Gasteiger partial charge in [-0.1, -0.05) is 24.1 Å². The summed E-state index contributed by atoms with van der Waals surface area (Å²) in [5.41, 5.74) is 1.16. The number of piperazine rings is 1. The van der Waals surface area contributed by atoms with Crippen LogP contribution in [0.2, 0.25) is 5.02 Å². The molecule has 1 atom stereocenters. The van der Waals surface area contributed by atoms with Crippen molar-refractivity contribution < 1.29 is 4.79 Å². The van der Waals surface area contributed by atoms with Crippen molar-refractivity contribution in [2.45, 2.75) is 32.2 Å². The third-order valence-corrected chi connectivity index (χ3v) is 5.83. The summed E-state index contributed by atoms with van der Waals surface area (Å²) in [7, 11) is 0. The Morgan fingerprint density at radius 2 is 1.85 bits per heavy atom. The maximum atomic E-state index is 12.5. The van der Waals surface area contributed by atoms with E-state index in [2.05, 4.69) is 26.1 Å². The predicted molar refractivity (Wildman–Crippen MR) is 108 cm³/mol. The Kier molecular flexibility index (Phi) is 7.17. The standard InChI is InChI=1S/C20H31ClN4O/c1-17(20(26)22-8-11-23-9-3-2-4-10-23)24-12-14-25(15-13-24)19-7-5-6-18(21)16-19/h5-7,16-17H,2-4,8-15H2,1H3,(H,22,26). The highest BCUT2D eigenvalue weighted by Gasteiger charge is 2.25. The van der Waals surface area contributed by atoms with Crippen molar-refractivity contribution in [1.82, 2.24) is 15.1 Å². The molecule has 2 aliphatic rings. The first-order chi connectivity index (χ1) is 12.6. The van der Waals surface area contributed by atoms with Gasteiger partial charge in [0, 0.05) is 50.0 Å². The van der Waals surface area contributed by atoms with E-state index in [0.717, 1.165) is 50.0 Å². The summed E-state index contributed by atoms with van der Waals surface area (Å²) in [5, 5.41) is 3.89. The Bertz CT molecular complexity index is 583. The second-order valence-electron chi connectivity index (χ2n) is 7.37. The molecular weight excluding hydrogens is 348 g/mol. The number of benzene rings is 1. The van der Waals surface area contributed by atoms with Crippen LogP contribution in [-0.2, 0) is 4.79 Å². The molecule has 3 rings (SSSR count). The molecular formula is C20H31ClN4O. The molecule has 0 aliphatic carbocycles. The molecule has 1 unspecified atom stereocenters. The van der Waals surface area contributed by atoms with E-state index in [4.69, 9.17) is 11.6 Å². The molecule has 1 aromatic carbocycles. The zero-order chi connectivity index (χ0) is 18.4. The molecule has 0 bridgehead atoms. The van der Waals surface area contributed by atoms with Gasteiger partial charge in [-0.25, -0.2) is 0 Å². The molecule has 2 fully saturated rings. The highest BCUT2D eigenvalue weighted by Crippen LogP contribution is 2.21. The van der Waals surface area contributed by atoms with Crippen LogP contribution in [0.25, 0.3) is 0 Å². The van der Waals surface area contributed by atoms with E-state index >= 15 is 0 Å². The van der Waals surface area contributed by atoms with Gasteiger partial charge >= 0.3 is 0 Å². The number of piperidine rings is 1. The van der Waals surface area contributed by atoms with Gasteiger partial charge in [0.05, 0.1) is 6.04 Å². The van der Waals surface area contributed by atoms with Crippen molar-refractivity contribution in [1.29, 1.82) is 0 Å². The lowest BCUT2D eigenvalue weighted by atomic mass is 10.1. The molecule has 0 spiro atoms.